The van der Waals surface area contributed by atoms with E-state index in [0.717, 1.165) is 19.3 Å². The Balaban J connectivity index is 1.51. The molecule has 2 bridgehead atoms. The van der Waals surface area contributed by atoms with Crippen LogP contribution in [0.4, 0.5) is 14.5 Å². The van der Waals surface area contributed by atoms with Gasteiger partial charge in [0.1, 0.15) is 11.5 Å². The molecular formula is C19H21F2NO5. The summed E-state index contributed by atoms with van der Waals surface area (Å²) in [4.78, 5) is 36.3. The molecule has 3 rings (SSSR count). The maximum Gasteiger partial charge on any atom is 0.387 e. The van der Waals surface area contributed by atoms with Gasteiger partial charge in [-0.3, -0.25) is 14.4 Å². The summed E-state index contributed by atoms with van der Waals surface area (Å²) in [7, 11) is 0. The molecule has 8 heteroatoms. The summed E-state index contributed by atoms with van der Waals surface area (Å²) in [6, 6.07) is 5.75. The van der Waals surface area contributed by atoms with E-state index >= 15 is 0 Å². The van der Waals surface area contributed by atoms with Gasteiger partial charge < -0.3 is 14.8 Å². The van der Waals surface area contributed by atoms with E-state index in [1.54, 1.807) is 6.07 Å². The number of carbonyl (C=O) groups excluding carboxylic acids is 3. The molecule has 0 spiro atoms. The van der Waals surface area contributed by atoms with Crippen molar-refractivity contribution < 1.29 is 32.6 Å². The second-order valence-electron chi connectivity index (χ2n) is 6.93. The summed E-state index contributed by atoms with van der Waals surface area (Å²) in [6.45, 7) is -3.55. The highest BCUT2D eigenvalue weighted by Crippen LogP contribution is 2.40. The summed E-state index contributed by atoms with van der Waals surface area (Å²) in [5, 5.41) is 2.39. The van der Waals surface area contributed by atoms with Crippen LogP contribution in [0.1, 0.15) is 32.1 Å². The second-order valence-corrected chi connectivity index (χ2v) is 6.93. The van der Waals surface area contributed by atoms with Gasteiger partial charge in [-0.1, -0.05) is 18.6 Å². The van der Waals surface area contributed by atoms with Gasteiger partial charge in [0.25, 0.3) is 5.91 Å². The molecule has 27 heavy (non-hydrogen) atoms. The molecule has 1 aromatic carbocycles. The molecule has 0 radical (unpaired) electrons. The van der Waals surface area contributed by atoms with Crippen LogP contribution in [0.2, 0.25) is 0 Å². The van der Waals surface area contributed by atoms with Crippen LogP contribution in [0, 0.1) is 17.8 Å². The summed E-state index contributed by atoms with van der Waals surface area (Å²) in [5.74, 6) is -1.61. The Hall–Kier alpha value is -2.51. The van der Waals surface area contributed by atoms with E-state index in [1.807, 2.05) is 0 Å². The molecule has 2 aliphatic rings. The Morgan fingerprint density at radius 3 is 2.48 bits per heavy atom. The molecule has 0 aromatic heterocycles. The highest BCUT2D eigenvalue weighted by atomic mass is 19.3. The van der Waals surface area contributed by atoms with Gasteiger partial charge in [0.15, 0.2) is 6.61 Å². The fourth-order valence-electron chi connectivity index (χ4n) is 3.88. The quantitative estimate of drug-likeness (QED) is 0.766. The summed E-state index contributed by atoms with van der Waals surface area (Å²) in [5.41, 5.74) is 0.0663. The van der Waals surface area contributed by atoms with Crippen LogP contribution in [0.3, 0.4) is 0 Å². The number of benzene rings is 1. The van der Waals surface area contributed by atoms with Crippen molar-refractivity contribution in [3.63, 3.8) is 0 Å². The Kier molecular flexibility index (Phi) is 6.03. The zero-order valence-corrected chi connectivity index (χ0v) is 14.7. The first-order chi connectivity index (χ1) is 12.9. The van der Waals surface area contributed by atoms with E-state index in [0.29, 0.717) is 12.8 Å². The number of alkyl halides is 2. The second kappa shape index (κ2) is 8.45. The number of Topliss-reactive ketones (excluding diaryl/α,β-unsaturated/α-hetero) is 1. The average Bonchev–Trinajstić information content (AvgIpc) is 2.60. The molecule has 1 N–H and O–H groups in total. The van der Waals surface area contributed by atoms with E-state index in [-0.39, 0.29) is 35.0 Å². The molecule has 0 saturated heterocycles. The number of hydrogen-bond donors (Lipinski definition) is 1. The fraction of sp³-hybridized carbons (Fsp3) is 0.526. The predicted molar refractivity (Wildman–Crippen MR) is 91.2 cm³/mol. The van der Waals surface area contributed by atoms with Crippen molar-refractivity contribution >= 4 is 23.3 Å². The number of hydrogen-bond acceptors (Lipinski definition) is 5. The van der Waals surface area contributed by atoms with Gasteiger partial charge >= 0.3 is 12.6 Å². The Morgan fingerprint density at radius 2 is 1.81 bits per heavy atom. The third kappa shape index (κ3) is 4.81. The van der Waals surface area contributed by atoms with Gasteiger partial charge in [-0.25, -0.2) is 0 Å². The Bertz CT molecular complexity index is 708. The molecule has 146 valence electrons. The van der Waals surface area contributed by atoms with Crippen LogP contribution in [-0.4, -0.2) is 30.9 Å². The van der Waals surface area contributed by atoms with E-state index in [1.165, 1.54) is 18.2 Å². The number of ketones is 1. The highest BCUT2D eigenvalue weighted by molar-refractivity contribution is 5.94. The number of para-hydroxylation sites is 2. The van der Waals surface area contributed by atoms with Crippen LogP contribution in [0.5, 0.6) is 5.75 Å². The fourth-order valence-corrected chi connectivity index (χ4v) is 3.88. The number of amides is 1. The zero-order valence-electron chi connectivity index (χ0n) is 14.7. The highest BCUT2D eigenvalue weighted by Gasteiger charge is 2.41. The average molecular weight is 381 g/mol. The molecular weight excluding hydrogens is 360 g/mol. The van der Waals surface area contributed by atoms with Crippen LogP contribution in [-0.2, 0) is 19.1 Å². The smallest absolute Gasteiger partial charge is 0.387 e. The van der Waals surface area contributed by atoms with Gasteiger partial charge in [0.2, 0.25) is 0 Å². The molecule has 0 heterocycles. The molecule has 6 nitrogen and oxygen atoms in total. The summed E-state index contributed by atoms with van der Waals surface area (Å²) in [6.07, 6.45) is 3.56. The van der Waals surface area contributed by atoms with Gasteiger partial charge in [-0.15, -0.1) is 0 Å². The van der Waals surface area contributed by atoms with Crippen LogP contribution < -0.4 is 10.1 Å². The third-order valence-corrected chi connectivity index (χ3v) is 5.10. The van der Waals surface area contributed by atoms with E-state index in [2.05, 4.69) is 10.1 Å². The molecule has 0 aliphatic heterocycles. The number of rotatable bonds is 6. The van der Waals surface area contributed by atoms with Crippen molar-refractivity contribution in [2.75, 3.05) is 11.9 Å². The largest absolute Gasteiger partial charge is 0.455 e. The first-order valence-electron chi connectivity index (χ1n) is 8.98. The lowest BCUT2D eigenvalue weighted by Crippen LogP contribution is -2.40. The Labute approximate surface area is 155 Å². The molecule has 0 unspecified atom stereocenters. The van der Waals surface area contributed by atoms with Crippen molar-refractivity contribution in [1.82, 2.24) is 0 Å². The van der Waals surface area contributed by atoms with E-state index in [9.17, 15) is 23.2 Å². The predicted octanol–water partition coefficient (Wildman–Crippen LogP) is 3.17. The molecule has 1 aromatic rings. The number of anilines is 1. The third-order valence-electron chi connectivity index (χ3n) is 5.10. The van der Waals surface area contributed by atoms with E-state index in [4.69, 9.17) is 4.74 Å². The lowest BCUT2D eigenvalue weighted by Gasteiger charge is -2.36. The van der Waals surface area contributed by atoms with Crippen LogP contribution >= 0.6 is 0 Å². The maximum absolute atomic E-state index is 12.4. The van der Waals surface area contributed by atoms with Crippen LogP contribution in [0.25, 0.3) is 0 Å². The number of fused-ring (bicyclic) bond motifs is 2. The maximum atomic E-state index is 12.4. The lowest BCUT2D eigenvalue weighted by atomic mass is 9.67. The van der Waals surface area contributed by atoms with Crippen LogP contribution in [0.15, 0.2) is 24.3 Å². The van der Waals surface area contributed by atoms with Gasteiger partial charge in [0.05, 0.1) is 11.6 Å². The van der Waals surface area contributed by atoms with Crippen molar-refractivity contribution in [2.45, 2.75) is 38.7 Å². The van der Waals surface area contributed by atoms with E-state index < -0.39 is 25.1 Å². The summed E-state index contributed by atoms with van der Waals surface area (Å²) >= 11 is 0. The van der Waals surface area contributed by atoms with Crippen molar-refractivity contribution in [3.8, 4) is 5.75 Å². The number of halogens is 2. The first-order valence-corrected chi connectivity index (χ1v) is 8.98. The number of nitrogens with one attached hydrogen (secondary N) is 1. The van der Waals surface area contributed by atoms with Crippen molar-refractivity contribution in [2.24, 2.45) is 17.8 Å². The first kappa shape index (κ1) is 19.3. The van der Waals surface area contributed by atoms with Crippen molar-refractivity contribution in [3.05, 3.63) is 24.3 Å². The van der Waals surface area contributed by atoms with Crippen molar-refractivity contribution in [1.29, 1.82) is 0 Å². The monoisotopic (exact) mass is 381 g/mol. The SMILES string of the molecule is O=C(COC(=O)C1C[C@H]2CCC[C@H](C1)C2=O)Nc1ccccc1OC(F)F. The standard InChI is InChI=1S/C19H21F2NO5/c20-19(21)27-15-7-2-1-6-14(15)22-16(23)10-26-18(25)13-8-11-4-3-5-12(9-13)17(11)24/h1-2,6-7,11-13,19H,3-5,8-10H2,(H,22,23)/t11-,12-/m1/s1. The zero-order chi connectivity index (χ0) is 19.4. The topological polar surface area (TPSA) is 81.7 Å². The summed E-state index contributed by atoms with van der Waals surface area (Å²) < 4.78 is 34.2. The minimum Gasteiger partial charge on any atom is -0.455 e. The van der Waals surface area contributed by atoms with Gasteiger partial charge in [-0.2, -0.15) is 8.78 Å². The van der Waals surface area contributed by atoms with Gasteiger partial charge in [-0.05, 0) is 37.8 Å². The molecule has 2 fully saturated rings. The molecule has 2 saturated carbocycles. The Morgan fingerprint density at radius 1 is 1.15 bits per heavy atom. The molecule has 2 aliphatic carbocycles. The minimum absolute atomic E-state index is 0.0663. The van der Waals surface area contributed by atoms with Gasteiger partial charge in [0, 0.05) is 11.8 Å². The number of ether oxygens (including phenoxy) is 2. The number of carbonyl (C=O) groups is 3. The molecule has 2 atom stereocenters. The number of esters is 1. The lowest BCUT2D eigenvalue weighted by molar-refractivity contribution is -0.155. The normalized spacial score (nSPS) is 24.4. The molecule has 1 amide bonds. The minimum atomic E-state index is -3.02.